The van der Waals surface area contributed by atoms with Gasteiger partial charge in [0.15, 0.2) is 5.84 Å². The summed E-state index contributed by atoms with van der Waals surface area (Å²) in [4.78, 5) is 13.2. The molecule has 5 nitrogen and oxygen atoms in total. The summed E-state index contributed by atoms with van der Waals surface area (Å²) in [6, 6.07) is 8.17. The summed E-state index contributed by atoms with van der Waals surface area (Å²) >= 11 is 0. The minimum atomic E-state index is -4.35. The van der Waals surface area contributed by atoms with E-state index in [1.165, 1.54) is 7.05 Å². The zero-order valence-corrected chi connectivity index (χ0v) is 11.3. The van der Waals surface area contributed by atoms with Crippen LogP contribution in [0.1, 0.15) is 17.9 Å². The predicted octanol–water partition coefficient (Wildman–Crippen LogP) is 1.93. The standard InChI is InChI=1S/C13H16F3N3O2/c1-19(8-7-13(14,15)16)12(20)10(11(17)18-21)9-5-3-2-4-6-9/h2-6,10,21H,7-8H2,1H3,(H2,17,18). The normalized spacial score (nSPS) is 13.8. The van der Waals surface area contributed by atoms with E-state index in [9.17, 15) is 18.0 Å². The average Bonchev–Trinajstić information content (AvgIpc) is 2.45. The number of halogens is 3. The monoisotopic (exact) mass is 303 g/mol. The van der Waals surface area contributed by atoms with Gasteiger partial charge in [-0.2, -0.15) is 13.2 Å². The van der Waals surface area contributed by atoms with Crippen LogP contribution in [0.3, 0.4) is 0 Å². The van der Waals surface area contributed by atoms with E-state index >= 15 is 0 Å². The summed E-state index contributed by atoms with van der Waals surface area (Å²) in [5.41, 5.74) is 5.94. The minimum Gasteiger partial charge on any atom is -0.409 e. The number of carbonyl (C=O) groups excluding carboxylic acids is 1. The first-order valence-electron chi connectivity index (χ1n) is 6.10. The van der Waals surface area contributed by atoms with Gasteiger partial charge in [0.1, 0.15) is 5.92 Å². The maximum atomic E-state index is 12.2. The molecule has 1 atom stereocenters. The van der Waals surface area contributed by atoms with Gasteiger partial charge in [-0.3, -0.25) is 4.79 Å². The minimum absolute atomic E-state index is 0.370. The highest BCUT2D eigenvalue weighted by atomic mass is 19.4. The smallest absolute Gasteiger partial charge is 0.390 e. The second-order valence-electron chi connectivity index (χ2n) is 4.49. The number of benzene rings is 1. The summed E-state index contributed by atoms with van der Waals surface area (Å²) in [5, 5.41) is 11.6. The van der Waals surface area contributed by atoms with Gasteiger partial charge in [0.05, 0.1) is 6.42 Å². The fraction of sp³-hybridized carbons (Fsp3) is 0.385. The molecule has 1 aromatic rings. The molecular weight excluding hydrogens is 287 g/mol. The number of likely N-dealkylation sites (N-methyl/N-ethyl adjacent to an activating group) is 1. The number of oxime groups is 1. The lowest BCUT2D eigenvalue weighted by molar-refractivity contribution is -0.144. The summed E-state index contributed by atoms with van der Waals surface area (Å²) in [6.45, 7) is -0.496. The van der Waals surface area contributed by atoms with E-state index < -0.39 is 31.0 Å². The Labute approximate surface area is 119 Å². The summed E-state index contributed by atoms with van der Waals surface area (Å²) in [5.74, 6) is -2.15. The zero-order chi connectivity index (χ0) is 16.0. The number of amides is 1. The van der Waals surface area contributed by atoms with Crippen molar-refractivity contribution in [3.63, 3.8) is 0 Å². The maximum Gasteiger partial charge on any atom is 0.390 e. The zero-order valence-electron chi connectivity index (χ0n) is 11.3. The molecule has 0 saturated heterocycles. The second kappa shape index (κ2) is 6.96. The molecule has 0 aliphatic heterocycles. The molecule has 0 aliphatic carbocycles. The van der Waals surface area contributed by atoms with Crippen LogP contribution in [-0.2, 0) is 4.79 Å². The van der Waals surface area contributed by atoms with Gasteiger partial charge in [-0.1, -0.05) is 35.5 Å². The lowest BCUT2D eigenvalue weighted by atomic mass is 9.96. The van der Waals surface area contributed by atoms with E-state index in [1.54, 1.807) is 30.3 Å². The Morgan fingerprint density at radius 3 is 2.43 bits per heavy atom. The Morgan fingerprint density at radius 1 is 1.38 bits per heavy atom. The first-order chi connectivity index (χ1) is 9.76. The van der Waals surface area contributed by atoms with Gasteiger partial charge in [-0.25, -0.2) is 0 Å². The molecule has 0 aromatic heterocycles. The van der Waals surface area contributed by atoms with Crippen LogP contribution < -0.4 is 5.73 Å². The summed E-state index contributed by atoms with van der Waals surface area (Å²) in [7, 11) is 1.24. The highest BCUT2D eigenvalue weighted by Crippen LogP contribution is 2.22. The van der Waals surface area contributed by atoms with Gasteiger partial charge in [-0.15, -0.1) is 0 Å². The molecule has 1 aromatic carbocycles. The third-order valence-corrected chi connectivity index (χ3v) is 2.90. The van der Waals surface area contributed by atoms with E-state index in [0.29, 0.717) is 5.56 Å². The van der Waals surface area contributed by atoms with Crippen molar-refractivity contribution in [2.24, 2.45) is 10.9 Å². The van der Waals surface area contributed by atoms with Crippen LogP contribution in [0.25, 0.3) is 0 Å². The quantitative estimate of drug-likeness (QED) is 0.377. The molecule has 0 saturated carbocycles. The van der Waals surface area contributed by atoms with Crippen LogP contribution in [0, 0.1) is 0 Å². The molecule has 0 radical (unpaired) electrons. The van der Waals surface area contributed by atoms with Gasteiger partial charge < -0.3 is 15.8 Å². The second-order valence-corrected chi connectivity index (χ2v) is 4.49. The average molecular weight is 303 g/mol. The number of amidine groups is 1. The van der Waals surface area contributed by atoms with Crippen molar-refractivity contribution >= 4 is 11.7 Å². The molecule has 0 fully saturated rings. The van der Waals surface area contributed by atoms with Crippen molar-refractivity contribution in [2.45, 2.75) is 18.5 Å². The molecule has 8 heteroatoms. The van der Waals surface area contributed by atoms with Crippen LogP contribution >= 0.6 is 0 Å². The number of nitrogens with two attached hydrogens (primary N) is 1. The van der Waals surface area contributed by atoms with E-state index in [2.05, 4.69) is 5.16 Å². The number of rotatable bonds is 5. The Morgan fingerprint density at radius 2 is 1.95 bits per heavy atom. The van der Waals surface area contributed by atoms with Crippen molar-refractivity contribution in [2.75, 3.05) is 13.6 Å². The molecule has 3 N–H and O–H groups in total. The van der Waals surface area contributed by atoms with E-state index in [-0.39, 0.29) is 5.84 Å². The van der Waals surface area contributed by atoms with Gasteiger partial charge in [0, 0.05) is 13.6 Å². The van der Waals surface area contributed by atoms with Crippen molar-refractivity contribution in [3.8, 4) is 0 Å². The third-order valence-electron chi connectivity index (χ3n) is 2.90. The molecule has 1 unspecified atom stereocenters. The molecule has 21 heavy (non-hydrogen) atoms. The molecule has 1 amide bonds. The molecule has 116 valence electrons. The Balaban J connectivity index is 2.92. The van der Waals surface area contributed by atoms with Crippen molar-refractivity contribution in [1.82, 2.24) is 4.90 Å². The van der Waals surface area contributed by atoms with Gasteiger partial charge in [0.2, 0.25) is 5.91 Å². The lowest BCUT2D eigenvalue weighted by Crippen LogP contribution is -2.39. The van der Waals surface area contributed by atoms with E-state index in [4.69, 9.17) is 10.9 Å². The molecule has 0 spiro atoms. The van der Waals surface area contributed by atoms with Gasteiger partial charge >= 0.3 is 6.18 Å². The Bertz CT molecular complexity index is 503. The number of hydrogen-bond donors (Lipinski definition) is 2. The van der Waals surface area contributed by atoms with Crippen LogP contribution in [0.4, 0.5) is 13.2 Å². The molecule has 0 bridgehead atoms. The Hall–Kier alpha value is -2.25. The Kier molecular flexibility index (Phi) is 5.57. The summed E-state index contributed by atoms with van der Waals surface area (Å²) < 4.78 is 36.6. The highest BCUT2D eigenvalue weighted by Gasteiger charge is 2.32. The van der Waals surface area contributed by atoms with Crippen molar-refractivity contribution in [1.29, 1.82) is 0 Å². The molecule has 0 aliphatic rings. The molecule has 1 rings (SSSR count). The van der Waals surface area contributed by atoms with Crippen LogP contribution in [0.2, 0.25) is 0 Å². The topological polar surface area (TPSA) is 78.9 Å². The number of carbonyl (C=O) groups is 1. The van der Waals surface area contributed by atoms with Crippen molar-refractivity contribution in [3.05, 3.63) is 35.9 Å². The number of nitrogens with zero attached hydrogens (tertiary/aromatic N) is 2. The highest BCUT2D eigenvalue weighted by molar-refractivity contribution is 6.07. The fourth-order valence-electron chi connectivity index (χ4n) is 1.77. The number of alkyl halides is 3. The third kappa shape index (κ3) is 4.97. The largest absolute Gasteiger partial charge is 0.409 e. The molecular formula is C13H16F3N3O2. The van der Waals surface area contributed by atoms with Crippen molar-refractivity contribution < 1.29 is 23.2 Å². The van der Waals surface area contributed by atoms with Crippen LogP contribution in [-0.4, -0.2) is 41.6 Å². The first kappa shape index (κ1) is 16.8. The number of hydrogen-bond acceptors (Lipinski definition) is 3. The lowest BCUT2D eigenvalue weighted by Gasteiger charge is -2.23. The fourth-order valence-corrected chi connectivity index (χ4v) is 1.77. The maximum absolute atomic E-state index is 12.2. The predicted molar refractivity (Wildman–Crippen MR) is 70.9 cm³/mol. The van der Waals surface area contributed by atoms with E-state index in [0.717, 1.165) is 4.90 Å². The van der Waals surface area contributed by atoms with E-state index in [1.807, 2.05) is 0 Å². The molecule has 0 heterocycles. The van der Waals surface area contributed by atoms with Crippen LogP contribution in [0.15, 0.2) is 35.5 Å². The van der Waals surface area contributed by atoms with Crippen LogP contribution in [0.5, 0.6) is 0 Å². The van der Waals surface area contributed by atoms with Gasteiger partial charge in [0.25, 0.3) is 0 Å². The SMILES string of the molecule is CN(CCC(F)(F)F)C(=O)C(C(N)=NO)c1ccccc1. The van der Waals surface area contributed by atoms with Gasteiger partial charge in [-0.05, 0) is 5.56 Å². The summed E-state index contributed by atoms with van der Waals surface area (Å²) in [6.07, 6.45) is -5.47. The first-order valence-corrected chi connectivity index (χ1v) is 6.10.